The van der Waals surface area contributed by atoms with E-state index >= 15 is 0 Å². The number of hydrogen-bond acceptors (Lipinski definition) is 4. The summed E-state index contributed by atoms with van der Waals surface area (Å²) in [5, 5.41) is 13.8. The van der Waals surface area contributed by atoms with Crippen molar-refractivity contribution in [1.29, 1.82) is 0 Å². The van der Waals surface area contributed by atoms with Crippen LogP contribution >= 0.6 is 11.6 Å². The van der Waals surface area contributed by atoms with Crippen molar-refractivity contribution in [3.8, 4) is 5.75 Å². The normalized spacial score (nSPS) is 11.9. The van der Waals surface area contributed by atoms with E-state index < -0.39 is 11.5 Å². The van der Waals surface area contributed by atoms with Crippen LogP contribution in [0.5, 0.6) is 5.75 Å². The van der Waals surface area contributed by atoms with Crippen LogP contribution in [0.3, 0.4) is 0 Å². The average molecular weight is 299 g/mol. The molecule has 6 heteroatoms. The number of rotatable bonds is 5. The van der Waals surface area contributed by atoms with Crippen molar-refractivity contribution >= 4 is 23.7 Å². The first-order valence-corrected chi connectivity index (χ1v) is 6.60. The van der Waals surface area contributed by atoms with Crippen molar-refractivity contribution in [3.63, 3.8) is 0 Å². The summed E-state index contributed by atoms with van der Waals surface area (Å²) in [6.07, 6.45) is 1.43. The first-order chi connectivity index (χ1) is 9.20. The van der Waals surface area contributed by atoms with Gasteiger partial charge in [-0.15, -0.1) is 0 Å². The van der Waals surface area contributed by atoms with Gasteiger partial charge in [0.25, 0.3) is 5.91 Å². The van der Waals surface area contributed by atoms with Crippen LogP contribution in [0, 0.1) is 0 Å². The molecule has 0 saturated carbocycles. The fourth-order valence-corrected chi connectivity index (χ4v) is 1.46. The van der Waals surface area contributed by atoms with Crippen LogP contribution in [0.2, 0.25) is 5.02 Å². The summed E-state index contributed by atoms with van der Waals surface area (Å²) in [4.78, 5) is 11.5. The Morgan fingerprint density at radius 1 is 1.50 bits per heavy atom. The van der Waals surface area contributed by atoms with Gasteiger partial charge in [0.1, 0.15) is 11.4 Å². The molecule has 0 aliphatic heterocycles. The maximum absolute atomic E-state index is 11.5. The van der Waals surface area contributed by atoms with Crippen LogP contribution in [0.25, 0.3) is 0 Å². The number of ether oxygens (including phenoxy) is 1. The van der Waals surface area contributed by atoms with E-state index in [9.17, 15) is 9.90 Å². The summed E-state index contributed by atoms with van der Waals surface area (Å²) in [5.41, 5.74) is 1.41. The van der Waals surface area contributed by atoms with Crippen molar-refractivity contribution in [1.82, 2.24) is 5.43 Å². The number of aliphatic hydroxyl groups is 1. The van der Waals surface area contributed by atoms with E-state index in [1.807, 2.05) is 13.8 Å². The van der Waals surface area contributed by atoms with E-state index in [0.717, 1.165) is 0 Å². The van der Waals surface area contributed by atoms with Crippen LogP contribution in [0.4, 0.5) is 0 Å². The van der Waals surface area contributed by atoms with Gasteiger partial charge in [0, 0.05) is 10.6 Å². The van der Waals surface area contributed by atoms with Gasteiger partial charge < -0.3 is 9.84 Å². The van der Waals surface area contributed by atoms with Crippen molar-refractivity contribution in [2.45, 2.75) is 39.4 Å². The maximum atomic E-state index is 11.5. The number of hydrazone groups is 1. The molecule has 0 heterocycles. The minimum Gasteiger partial charge on any atom is -0.490 e. The van der Waals surface area contributed by atoms with Gasteiger partial charge in [-0.3, -0.25) is 4.79 Å². The van der Waals surface area contributed by atoms with E-state index in [0.29, 0.717) is 16.3 Å². The maximum Gasteiger partial charge on any atom is 0.271 e. The van der Waals surface area contributed by atoms with E-state index in [4.69, 9.17) is 16.3 Å². The van der Waals surface area contributed by atoms with Crippen molar-refractivity contribution in [3.05, 3.63) is 28.8 Å². The summed E-state index contributed by atoms with van der Waals surface area (Å²) < 4.78 is 5.61. The van der Waals surface area contributed by atoms with Gasteiger partial charge in [-0.2, -0.15) is 5.10 Å². The molecule has 1 aromatic carbocycles. The SMILES string of the molecule is CC(C)Oc1ccc(Cl)cc1/C=N\NC(=O)C(C)(C)O. The van der Waals surface area contributed by atoms with Crippen LogP contribution in [0.1, 0.15) is 33.3 Å². The van der Waals surface area contributed by atoms with E-state index in [1.165, 1.54) is 20.1 Å². The highest BCUT2D eigenvalue weighted by Crippen LogP contribution is 2.22. The number of carbonyl (C=O) groups excluding carboxylic acids is 1. The van der Waals surface area contributed by atoms with Gasteiger partial charge in [-0.25, -0.2) is 5.43 Å². The van der Waals surface area contributed by atoms with Gasteiger partial charge in [0.2, 0.25) is 0 Å². The average Bonchev–Trinajstić information content (AvgIpc) is 2.30. The topological polar surface area (TPSA) is 70.9 Å². The largest absolute Gasteiger partial charge is 0.490 e. The second-order valence-corrected chi connectivity index (χ2v) is 5.54. The Balaban J connectivity index is 2.85. The second kappa shape index (κ2) is 6.72. The summed E-state index contributed by atoms with van der Waals surface area (Å²) in [5.74, 6) is 0.0211. The Morgan fingerprint density at radius 2 is 2.15 bits per heavy atom. The standard InChI is InChI=1S/C14H19ClN2O3/c1-9(2)20-12-6-5-11(15)7-10(12)8-16-17-13(18)14(3,4)19/h5-9,19H,1-4H3,(H,17,18)/b16-8-. The highest BCUT2D eigenvalue weighted by atomic mass is 35.5. The third kappa shape index (κ3) is 5.19. The monoisotopic (exact) mass is 298 g/mol. The smallest absolute Gasteiger partial charge is 0.271 e. The molecule has 1 aromatic rings. The lowest BCUT2D eigenvalue weighted by molar-refractivity contribution is -0.136. The predicted molar refractivity (Wildman–Crippen MR) is 79.3 cm³/mol. The predicted octanol–water partition coefficient (Wildman–Crippen LogP) is 2.35. The van der Waals surface area contributed by atoms with E-state index in [1.54, 1.807) is 18.2 Å². The highest BCUT2D eigenvalue weighted by Gasteiger charge is 2.22. The number of benzene rings is 1. The third-order valence-electron chi connectivity index (χ3n) is 2.26. The molecule has 0 atom stereocenters. The molecular formula is C14H19ClN2O3. The van der Waals surface area contributed by atoms with Gasteiger partial charge in [-0.1, -0.05) is 11.6 Å². The summed E-state index contributed by atoms with van der Waals surface area (Å²) in [6, 6.07) is 5.13. The van der Waals surface area contributed by atoms with Crippen molar-refractivity contribution < 1.29 is 14.6 Å². The molecule has 0 aromatic heterocycles. The lowest BCUT2D eigenvalue weighted by Gasteiger charge is -2.14. The zero-order valence-corrected chi connectivity index (χ0v) is 12.7. The fourth-order valence-electron chi connectivity index (χ4n) is 1.28. The molecule has 110 valence electrons. The number of hydrogen-bond donors (Lipinski definition) is 2. The fraction of sp³-hybridized carbons (Fsp3) is 0.429. The Hall–Kier alpha value is -1.59. The zero-order chi connectivity index (χ0) is 15.3. The number of amides is 1. The third-order valence-corrected chi connectivity index (χ3v) is 2.50. The van der Waals surface area contributed by atoms with Crippen molar-refractivity contribution in [2.24, 2.45) is 5.10 Å². The lowest BCUT2D eigenvalue weighted by Crippen LogP contribution is -2.39. The zero-order valence-electron chi connectivity index (χ0n) is 12.0. The molecule has 1 rings (SSSR count). The number of halogens is 1. The first kappa shape index (κ1) is 16.5. The molecule has 1 amide bonds. The molecule has 0 aliphatic carbocycles. The summed E-state index contributed by atoms with van der Waals surface area (Å²) in [6.45, 7) is 6.58. The van der Waals surface area contributed by atoms with Gasteiger partial charge in [-0.05, 0) is 45.9 Å². The van der Waals surface area contributed by atoms with Gasteiger partial charge in [0.15, 0.2) is 0 Å². The molecular weight excluding hydrogens is 280 g/mol. The molecule has 0 spiro atoms. The second-order valence-electron chi connectivity index (χ2n) is 5.11. The highest BCUT2D eigenvalue weighted by molar-refractivity contribution is 6.30. The summed E-state index contributed by atoms with van der Waals surface area (Å²) in [7, 11) is 0. The number of carbonyl (C=O) groups is 1. The number of nitrogens with zero attached hydrogens (tertiary/aromatic N) is 1. The molecule has 2 N–H and O–H groups in total. The molecule has 0 unspecified atom stereocenters. The molecule has 20 heavy (non-hydrogen) atoms. The van der Waals surface area contributed by atoms with Crippen LogP contribution in [0.15, 0.2) is 23.3 Å². The van der Waals surface area contributed by atoms with Crippen molar-refractivity contribution in [2.75, 3.05) is 0 Å². The Morgan fingerprint density at radius 3 is 2.70 bits per heavy atom. The van der Waals surface area contributed by atoms with Gasteiger partial charge >= 0.3 is 0 Å². The molecule has 5 nitrogen and oxygen atoms in total. The molecule has 0 bridgehead atoms. The molecule has 0 aliphatic rings. The van der Waals surface area contributed by atoms with Crippen LogP contribution < -0.4 is 10.2 Å². The van der Waals surface area contributed by atoms with Crippen LogP contribution in [-0.2, 0) is 4.79 Å². The number of nitrogens with one attached hydrogen (secondary N) is 1. The van der Waals surface area contributed by atoms with Gasteiger partial charge in [0.05, 0.1) is 12.3 Å². The molecule has 0 fully saturated rings. The van der Waals surface area contributed by atoms with E-state index in [2.05, 4.69) is 10.5 Å². The van der Waals surface area contributed by atoms with E-state index in [-0.39, 0.29) is 6.10 Å². The summed E-state index contributed by atoms with van der Waals surface area (Å²) >= 11 is 5.92. The minimum atomic E-state index is -1.48. The minimum absolute atomic E-state index is 0.00860. The quantitative estimate of drug-likeness (QED) is 0.647. The Labute approximate surface area is 123 Å². The lowest BCUT2D eigenvalue weighted by atomic mass is 10.1. The Kier molecular flexibility index (Phi) is 5.53. The Bertz CT molecular complexity index is 508. The molecule has 0 saturated heterocycles. The first-order valence-electron chi connectivity index (χ1n) is 6.22. The molecule has 0 radical (unpaired) electrons. The van der Waals surface area contributed by atoms with Crippen LogP contribution in [-0.4, -0.2) is 28.9 Å².